The van der Waals surface area contributed by atoms with E-state index in [0.717, 1.165) is 12.0 Å². The number of sulfonamides is 1. The fourth-order valence-electron chi connectivity index (χ4n) is 3.79. The molecule has 2 unspecified atom stereocenters. The second-order valence-electron chi connectivity index (χ2n) is 7.91. The number of benzene rings is 2. The summed E-state index contributed by atoms with van der Waals surface area (Å²) in [6.07, 6.45) is 2.34. The van der Waals surface area contributed by atoms with E-state index in [1.807, 2.05) is 19.1 Å². The molecule has 1 N–H and O–H groups in total. The van der Waals surface area contributed by atoms with E-state index < -0.39 is 10.0 Å². The van der Waals surface area contributed by atoms with Gasteiger partial charge in [-0.15, -0.1) is 0 Å². The molecular weight excluding hydrogens is 420 g/mol. The third kappa shape index (κ3) is 5.84. The minimum atomic E-state index is -3.51. The fourth-order valence-corrected chi connectivity index (χ4v) is 5.60. The summed E-state index contributed by atoms with van der Waals surface area (Å²) in [6.45, 7) is 4.72. The summed E-state index contributed by atoms with van der Waals surface area (Å²) in [5.41, 5.74) is 2.95. The van der Waals surface area contributed by atoms with Crippen LogP contribution in [0.5, 0.6) is 0 Å². The van der Waals surface area contributed by atoms with E-state index >= 15 is 0 Å². The Balaban J connectivity index is 1.62. The zero-order valence-corrected chi connectivity index (χ0v) is 19.0. The first-order valence-electron chi connectivity index (χ1n) is 10.4. The average molecular weight is 449 g/mol. The van der Waals surface area contributed by atoms with Crippen molar-refractivity contribution in [1.29, 1.82) is 0 Å². The van der Waals surface area contributed by atoms with Gasteiger partial charge < -0.3 is 5.32 Å². The van der Waals surface area contributed by atoms with Gasteiger partial charge in [-0.25, -0.2) is 12.7 Å². The molecule has 0 aliphatic carbocycles. The van der Waals surface area contributed by atoms with Gasteiger partial charge in [-0.3, -0.25) is 4.79 Å². The monoisotopic (exact) mass is 448 g/mol. The number of piperidine rings is 1. The number of rotatable bonds is 7. The van der Waals surface area contributed by atoms with Gasteiger partial charge in [0.05, 0.1) is 17.7 Å². The number of carbonyl (C=O) groups excluding carboxylic acids is 1. The number of nitrogens with one attached hydrogen (secondary N) is 1. The van der Waals surface area contributed by atoms with E-state index in [1.54, 1.807) is 24.3 Å². The summed E-state index contributed by atoms with van der Waals surface area (Å²) >= 11 is 5.98. The van der Waals surface area contributed by atoms with Crippen LogP contribution in [0.1, 0.15) is 49.4 Å². The van der Waals surface area contributed by atoms with Crippen LogP contribution in [0.15, 0.2) is 48.5 Å². The summed E-state index contributed by atoms with van der Waals surface area (Å²) in [5, 5.41) is 3.57. The van der Waals surface area contributed by atoms with Crippen molar-refractivity contribution in [3.63, 3.8) is 0 Å². The smallest absolute Gasteiger partial charge is 0.224 e. The maximum atomic E-state index is 12.9. The summed E-state index contributed by atoms with van der Waals surface area (Å²) in [6, 6.07) is 15.0. The Morgan fingerprint density at radius 3 is 2.60 bits per heavy atom. The third-order valence-electron chi connectivity index (χ3n) is 5.63. The van der Waals surface area contributed by atoms with Crippen molar-refractivity contribution in [3.8, 4) is 0 Å². The highest BCUT2D eigenvalue weighted by atomic mass is 35.5. The van der Waals surface area contributed by atoms with Crippen molar-refractivity contribution >= 4 is 27.5 Å². The van der Waals surface area contributed by atoms with Gasteiger partial charge in [-0.2, -0.15) is 0 Å². The molecule has 162 valence electrons. The average Bonchev–Trinajstić information content (AvgIpc) is 2.73. The number of nitrogens with zero attached hydrogens (tertiary/aromatic N) is 1. The van der Waals surface area contributed by atoms with Crippen LogP contribution < -0.4 is 5.32 Å². The van der Waals surface area contributed by atoms with Crippen LogP contribution in [0.2, 0.25) is 5.02 Å². The highest BCUT2D eigenvalue weighted by molar-refractivity contribution is 7.88. The molecule has 0 bridgehead atoms. The molecule has 0 aromatic heterocycles. The lowest BCUT2D eigenvalue weighted by molar-refractivity contribution is -0.126. The summed E-state index contributed by atoms with van der Waals surface area (Å²) in [5.74, 6) is -0.544. The Kier molecular flexibility index (Phi) is 7.55. The van der Waals surface area contributed by atoms with Crippen LogP contribution in [0, 0.1) is 5.92 Å². The Labute approximate surface area is 184 Å². The SMILES string of the molecule is CCc1ccc(C(C)NC(=O)C2CCCN(S(=O)(=O)Cc3cccc(Cl)c3)C2)cc1. The highest BCUT2D eigenvalue weighted by Gasteiger charge is 2.32. The molecule has 0 spiro atoms. The maximum absolute atomic E-state index is 12.9. The second-order valence-corrected chi connectivity index (χ2v) is 10.3. The standard InChI is InChI=1S/C23H29ClN2O3S/c1-3-18-9-11-20(12-10-18)17(2)25-23(27)21-7-5-13-26(15-21)30(28,29)16-19-6-4-8-22(24)14-19/h4,6,8-12,14,17,21H,3,5,7,13,15-16H2,1-2H3,(H,25,27). The minimum Gasteiger partial charge on any atom is -0.349 e. The molecule has 3 rings (SSSR count). The molecule has 0 saturated carbocycles. The lowest BCUT2D eigenvalue weighted by atomic mass is 9.97. The summed E-state index contributed by atoms with van der Waals surface area (Å²) in [7, 11) is -3.51. The molecular formula is C23H29ClN2O3S. The van der Waals surface area contributed by atoms with Crippen LogP contribution in [0.25, 0.3) is 0 Å². The van der Waals surface area contributed by atoms with Crippen LogP contribution >= 0.6 is 11.6 Å². The van der Waals surface area contributed by atoms with Gasteiger partial charge in [-0.05, 0) is 55.0 Å². The molecule has 1 aliphatic heterocycles. The van der Waals surface area contributed by atoms with E-state index in [1.165, 1.54) is 9.87 Å². The Morgan fingerprint density at radius 1 is 1.20 bits per heavy atom. The lowest BCUT2D eigenvalue weighted by Gasteiger charge is -2.32. The largest absolute Gasteiger partial charge is 0.349 e. The van der Waals surface area contributed by atoms with Gasteiger partial charge in [0, 0.05) is 18.1 Å². The van der Waals surface area contributed by atoms with Gasteiger partial charge in [0.25, 0.3) is 0 Å². The van der Waals surface area contributed by atoms with Crippen LogP contribution in [0.4, 0.5) is 0 Å². The van der Waals surface area contributed by atoms with Gasteiger partial charge in [0.15, 0.2) is 0 Å². The zero-order chi connectivity index (χ0) is 21.7. The van der Waals surface area contributed by atoms with Gasteiger partial charge in [0.1, 0.15) is 0 Å². The molecule has 2 aromatic carbocycles. The number of hydrogen-bond acceptors (Lipinski definition) is 3. The molecule has 2 atom stereocenters. The van der Waals surface area contributed by atoms with Crippen molar-refractivity contribution in [3.05, 3.63) is 70.2 Å². The van der Waals surface area contributed by atoms with Crippen molar-refractivity contribution in [1.82, 2.24) is 9.62 Å². The molecule has 0 radical (unpaired) electrons. The molecule has 5 nitrogen and oxygen atoms in total. The van der Waals surface area contributed by atoms with Gasteiger partial charge in [0.2, 0.25) is 15.9 Å². The van der Waals surface area contributed by atoms with Crippen LogP contribution in [-0.4, -0.2) is 31.7 Å². The first-order valence-corrected chi connectivity index (χ1v) is 12.4. The first-order chi connectivity index (χ1) is 14.3. The third-order valence-corrected chi connectivity index (χ3v) is 7.68. The minimum absolute atomic E-state index is 0.0928. The predicted octanol–water partition coefficient (Wildman–Crippen LogP) is 4.32. The first kappa shape index (κ1) is 22.8. The zero-order valence-electron chi connectivity index (χ0n) is 17.5. The maximum Gasteiger partial charge on any atom is 0.224 e. The summed E-state index contributed by atoms with van der Waals surface area (Å²) in [4.78, 5) is 12.8. The van der Waals surface area contributed by atoms with Crippen molar-refractivity contribution in [2.45, 2.75) is 44.9 Å². The second kappa shape index (κ2) is 9.94. The molecule has 1 saturated heterocycles. The normalized spacial score (nSPS) is 18.7. The number of carbonyl (C=O) groups is 1. The van der Waals surface area contributed by atoms with Gasteiger partial charge >= 0.3 is 0 Å². The van der Waals surface area contributed by atoms with E-state index in [-0.39, 0.29) is 30.2 Å². The number of aryl methyl sites for hydroxylation is 1. The molecule has 1 aliphatic rings. The number of amides is 1. The molecule has 1 amide bonds. The highest BCUT2D eigenvalue weighted by Crippen LogP contribution is 2.24. The van der Waals surface area contributed by atoms with E-state index in [9.17, 15) is 13.2 Å². The molecule has 1 fully saturated rings. The molecule has 30 heavy (non-hydrogen) atoms. The quantitative estimate of drug-likeness (QED) is 0.685. The Bertz CT molecular complexity index is 976. The predicted molar refractivity (Wildman–Crippen MR) is 121 cm³/mol. The van der Waals surface area contributed by atoms with E-state index in [0.29, 0.717) is 30.0 Å². The topological polar surface area (TPSA) is 66.5 Å². The Hall–Kier alpha value is -1.89. The molecule has 1 heterocycles. The van der Waals surface area contributed by atoms with Crippen molar-refractivity contribution in [2.24, 2.45) is 5.92 Å². The molecule has 7 heteroatoms. The van der Waals surface area contributed by atoms with Crippen LogP contribution in [0.3, 0.4) is 0 Å². The number of halogens is 1. The van der Waals surface area contributed by atoms with Crippen molar-refractivity contribution < 1.29 is 13.2 Å². The van der Waals surface area contributed by atoms with E-state index in [4.69, 9.17) is 11.6 Å². The summed E-state index contributed by atoms with van der Waals surface area (Å²) < 4.78 is 27.2. The Morgan fingerprint density at radius 2 is 1.93 bits per heavy atom. The lowest BCUT2D eigenvalue weighted by Crippen LogP contribution is -2.46. The van der Waals surface area contributed by atoms with E-state index in [2.05, 4.69) is 24.4 Å². The molecule has 2 aromatic rings. The van der Waals surface area contributed by atoms with Crippen molar-refractivity contribution in [2.75, 3.05) is 13.1 Å². The fraction of sp³-hybridized carbons (Fsp3) is 0.435. The number of hydrogen-bond donors (Lipinski definition) is 1. The van der Waals surface area contributed by atoms with Gasteiger partial charge in [-0.1, -0.05) is 54.9 Å². The van der Waals surface area contributed by atoms with Crippen LogP contribution in [-0.2, 0) is 27.0 Å².